The summed E-state index contributed by atoms with van der Waals surface area (Å²) in [6.07, 6.45) is 1.11. The number of nitrogens with one attached hydrogen (secondary N) is 1. The standard InChI is InChI=1S/C17H21N5O3/c1-10-14(16(18)24)15(11-5-7-12(25-2)8-6-11)22-17(19-10)20-13(21-22)4-3-9-23/h5-8,14-15,23H,1,3-4,9H2,2H3,(H2,18,24)(H,19,20,21)/t14-,15+/m1/s1. The van der Waals surface area contributed by atoms with Crippen molar-refractivity contribution in [3.05, 3.63) is 47.9 Å². The predicted molar refractivity (Wildman–Crippen MR) is 92.0 cm³/mol. The highest BCUT2D eigenvalue weighted by Gasteiger charge is 2.38. The summed E-state index contributed by atoms with van der Waals surface area (Å²) in [4.78, 5) is 16.5. The lowest BCUT2D eigenvalue weighted by Crippen LogP contribution is -2.40. The van der Waals surface area contributed by atoms with Crippen LogP contribution < -0.4 is 15.8 Å². The molecule has 25 heavy (non-hydrogen) atoms. The number of nitrogens with zero attached hydrogens (tertiary/aromatic N) is 3. The molecular formula is C17H21N5O3. The van der Waals surface area contributed by atoms with Gasteiger partial charge in [-0.1, -0.05) is 18.7 Å². The molecule has 1 aromatic carbocycles. The van der Waals surface area contributed by atoms with Crippen molar-refractivity contribution in [1.82, 2.24) is 14.8 Å². The largest absolute Gasteiger partial charge is 0.497 e. The third kappa shape index (κ3) is 3.20. The molecule has 1 aromatic heterocycles. The third-order valence-electron chi connectivity index (χ3n) is 4.22. The number of carbonyl (C=O) groups excluding carboxylic acids is 1. The topological polar surface area (TPSA) is 115 Å². The molecule has 0 bridgehead atoms. The zero-order valence-corrected chi connectivity index (χ0v) is 14.0. The molecule has 8 heteroatoms. The first-order chi connectivity index (χ1) is 12.0. The van der Waals surface area contributed by atoms with Gasteiger partial charge < -0.3 is 20.9 Å². The summed E-state index contributed by atoms with van der Waals surface area (Å²) in [6.45, 7) is 4.00. The lowest BCUT2D eigenvalue weighted by Gasteiger charge is -2.32. The molecule has 2 aromatic rings. The van der Waals surface area contributed by atoms with Crippen molar-refractivity contribution >= 4 is 11.9 Å². The predicted octanol–water partition coefficient (Wildman–Crippen LogP) is 0.842. The fourth-order valence-electron chi connectivity index (χ4n) is 3.00. The Hall–Kier alpha value is -2.87. The number of primary amides is 1. The number of aliphatic hydroxyl groups is 1. The van der Waals surface area contributed by atoms with E-state index in [0.29, 0.717) is 30.3 Å². The van der Waals surface area contributed by atoms with E-state index in [1.807, 2.05) is 24.3 Å². The van der Waals surface area contributed by atoms with Gasteiger partial charge in [-0.2, -0.15) is 10.1 Å². The molecule has 0 saturated heterocycles. The molecule has 0 unspecified atom stereocenters. The Morgan fingerprint density at radius 1 is 1.44 bits per heavy atom. The van der Waals surface area contributed by atoms with Gasteiger partial charge in [-0.05, 0) is 24.1 Å². The maximum Gasteiger partial charge on any atom is 0.229 e. The fraction of sp³-hybridized carbons (Fsp3) is 0.353. The van der Waals surface area contributed by atoms with E-state index in [9.17, 15) is 4.79 Å². The average Bonchev–Trinajstić information content (AvgIpc) is 3.00. The van der Waals surface area contributed by atoms with Gasteiger partial charge in [0.1, 0.15) is 11.7 Å². The second-order valence-corrected chi connectivity index (χ2v) is 5.87. The quantitative estimate of drug-likeness (QED) is 0.716. The van der Waals surface area contributed by atoms with Gasteiger partial charge in [0.25, 0.3) is 0 Å². The first kappa shape index (κ1) is 17.0. The summed E-state index contributed by atoms with van der Waals surface area (Å²) >= 11 is 0. The molecule has 2 heterocycles. The van der Waals surface area contributed by atoms with E-state index < -0.39 is 17.9 Å². The number of rotatable bonds is 6. The van der Waals surface area contributed by atoms with Gasteiger partial charge in [-0.15, -0.1) is 0 Å². The Kier molecular flexibility index (Phi) is 4.71. The molecule has 0 spiro atoms. The molecule has 0 saturated carbocycles. The van der Waals surface area contributed by atoms with E-state index in [2.05, 4.69) is 22.0 Å². The Bertz CT molecular complexity index is 784. The summed E-state index contributed by atoms with van der Waals surface area (Å²) in [7, 11) is 1.59. The number of methoxy groups -OCH3 is 1. The first-order valence-corrected chi connectivity index (χ1v) is 8.00. The number of aliphatic hydroxyl groups excluding tert-OH is 1. The second kappa shape index (κ2) is 6.94. The van der Waals surface area contributed by atoms with Crippen LogP contribution in [0.1, 0.15) is 23.9 Å². The zero-order valence-electron chi connectivity index (χ0n) is 14.0. The molecule has 3 rings (SSSR count). The van der Waals surface area contributed by atoms with E-state index in [0.717, 1.165) is 11.3 Å². The zero-order chi connectivity index (χ0) is 18.0. The number of aromatic nitrogens is 3. The van der Waals surface area contributed by atoms with Gasteiger partial charge in [0, 0.05) is 18.7 Å². The number of amides is 1. The van der Waals surface area contributed by atoms with E-state index in [1.165, 1.54) is 0 Å². The van der Waals surface area contributed by atoms with Crippen LogP contribution in [0.15, 0.2) is 36.5 Å². The number of hydrogen-bond donors (Lipinski definition) is 3. The van der Waals surface area contributed by atoms with Crippen LogP contribution in [-0.4, -0.2) is 39.5 Å². The van der Waals surface area contributed by atoms with Gasteiger partial charge in [-0.3, -0.25) is 4.79 Å². The number of nitrogens with two attached hydrogens (primary N) is 1. The van der Waals surface area contributed by atoms with Crippen LogP contribution in [0.4, 0.5) is 5.95 Å². The fourth-order valence-corrected chi connectivity index (χ4v) is 3.00. The lowest BCUT2D eigenvalue weighted by molar-refractivity contribution is -0.121. The van der Waals surface area contributed by atoms with Crippen LogP contribution in [-0.2, 0) is 11.2 Å². The molecule has 1 amide bonds. The van der Waals surface area contributed by atoms with E-state index >= 15 is 0 Å². The molecule has 0 radical (unpaired) electrons. The molecule has 1 aliphatic rings. The molecule has 1 aliphatic heterocycles. The lowest BCUT2D eigenvalue weighted by atomic mass is 9.89. The van der Waals surface area contributed by atoms with E-state index in [1.54, 1.807) is 11.8 Å². The maximum absolute atomic E-state index is 12.1. The minimum atomic E-state index is -0.659. The Labute approximate surface area is 145 Å². The van der Waals surface area contributed by atoms with E-state index in [-0.39, 0.29) is 6.61 Å². The Morgan fingerprint density at radius 2 is 2.16 bits per heavy atom. The van der Waals surface area contributed by atoms with Gasteiger partial charge in [0.05, 0.1) is 13.2 Å². The second-order valence-electron chi connectivity index (χ2n) is 5.87. The number of carbonyl (C=O) groups is 1. The average molecular weight is 343 g/mol. The number of anilines is 1. The van der Waals surface area contributed by atoms with Crippen LogP contribution >= 0.6 is 0 Å². The molecule has 8 nitrogen and oxygen atoms in total. The normalized spacial score (nSPS) is 19.2. The molecule has 0 aliphatic carbocycles. The van der Waals surface area contributed by atoms with Crippen molar-refractivity contribution in [2.24, 2.45) is 11.7 Å². The van der Waals surface area contributed by atoms with Crippen LogP contribution in [0.2, 0.25) is 0 Å². The Morgan fingerprint density at radius 3 is 2.76 bits per heavy atom. The van der Waals surface area contributed by atoms with Crippen LogP contribution in [0.3, 0.4) is 0 Å². The summed E-state index contributed by atoms with van der Waals surface area (Å²) in [5.41, 5.74) is 6.97. The number of aryl methyl sites for hydroxylation is 1. The highest BCUT2D eigenvalue weighted by Crippen LogP contribution is 2.37. The third-order valence-corrected chi connectivity index (χ3v) is 4.22. The number of hydrogen-bond acceptors (Lipinski definition) is 6. The summed E-state index contributed by atoms with van der Waals surface area (Å²) in [5.74, 6) is 0.670. The summed E-state index contributed by atoms with van der Waals surface area (Å²) in [6, 6.07) is 6.94. The van der Waals surface area contributed by atoms with Gasteiger partial charge in [0.15, 0.2) is 5.82 Å². The maximum atomic E-state index is 12.1. The van der Waals surface area contributed by atoms with Crippen LogP contribution in [0, 0.1) is 5.92 Å². The monoisotopic (exact) mass is 343 g/mol. The number of ether oxygens (including phenoxy) is 1. The first-order valence-electron chi connectivity index (χ1n) is 8.00. The van der Waals surface area contributed by atoms with Crippen molar-refractivity contribution in [1.29, 1.82) is 0 Å². The molecule has 0 fully saturated rings. The van der Waals surface area contributed by atoms with Crippen molar-refractivity contribution in [2.75, 3.05) is 19.0 Å². The highest BCUT2D eigenvalue weighted by molar-refractivity contribution is 5.82. The Balaban J connectivity index is 2.05. The van der Waals surface area contributed by atoms with E-state index in [4.69, 9.17) is 15.6 Å². The summed E-state index contributed by atoms with van der Waals surface area (Å²) < 4.78 is 6.86. The van der Waals surface area contributed by atoms with Crippen molar-refractivity contribution in [3.8, 4) is 5.75 Å². The molecule has 2 atom stereocenters. The van der Waals surface area contributed by atoms with Gasteiger partial charge >= 0.3 is 0 Å². The van der Waals surface area contributed by atoms with Gasteiger partial charge in [-0.25, -0.2) is 4.68 Å². The number of fused-ring (bicyclic) bond motifs is 1. The molecule has 132 valence electrons. The van der Waals surface area contributed by atoms with Crippen molar-refractivity contribution < 1.29 is 14.6 Å². The van der Waals surface area contributed by atoms with Crippen molar-refractivity contribution in [3.63, 3.8) is 0 Å². The SMILES string of the molecule is C=C1Nc2nc(CCCO)nn2[C@@H](c2ccc(OC)cc2)[C@@H]1C(N)=O. The van der Waals surface area contributed by atoms with Crippen LogP contribution in [0.25, 0.3) is 0 Å². The van der Waals surface area contributed by atoms with Crippen LogP contribution in [0.5, 0.6) is 5.75 Å². The minimum absolute atomic E-state index is 0.0653. The molecule has 4 N–H and O–H groups in total. The van der Waals surface area contributed by atoms with Gasteiger partial charge in [0.2, 0.25) is 11.9 Å². The van der Waals surface area contributed by atoms with Crippen molar-refractivity contribution in [2.45, 2.75) is 18.9 Å². The molecular weight excluding hydrogens is 322 g/mol. The minimum Gasteiger partial charge on any atom is -0.497 e. The smallest absolute Gasteiger partial charge is 0.229 e. The highest BCUT2D eigenvalue weighted by atomic mass is 16.5. The number of benzene rings is 1. The summed E-state index contributed by atoms with van der Waals surface area (Å²) in [5, 5.41) is 16.5.